The molecule has 3 aromatic rings. The van der Waals surface area contributed by atoms with Gasteiger partial charge in [0.2, 0.25) is 0 Å². The van der Waals surface area contributed by atoms with Crippen LogP contribution in [0.1, 0.15) is 26.3 Å². The van der Waals surface area contributed by atoms with Gasteiger partial charge in [-0.1, -0.05) is 56.4 Å². The molecular weight excluding hydrogens is 418 g/mol. The van der Waals surface area contributed by atoms with E-state index in [-0.39, 0.29) is 24.9 Å². The molecule has 0 spiro atoms. The van der Waals surface area contributed by atoms with Gasteiger partial charge in [-0.2, -0.15) is 0 Å². The van der Waals surface area contributed by atoms with Gasteiger partial charge in [0.15, 0.2) is 11.7 Å². The largest absolute Gasteiger partial charge is 0.484 e. The van der Waals surface area contributed by atoms with Crippen molar-refractivity contribution in [3.8, 4) is 5.75 Å². The predicted molar refractivity (Wildman–Crippen MR) is 128 cm³/mol. The maximum Gasteiger partial charge on any atom is 0.266 e. The van der Waals surface area contributed by atoms with Crippen LogP contribution in [0.5, 0.6) is 5.75 Å². The number of anilines is 1. The van der Waals surface area contributed by atoms with Crippen LogP contribution in [0.25, 0.3) is 10.2 Å². The van der Waals surface area contributed by atoms with E-state index < -0.39 is 0 Å². The fraction of sp³-hybridized carbons (Fsp3) is 0.391. The second-order valence-electron chi connectivity index (χ2n) is 6.83. The first-order valence-electron chi connectivity index (χ1n) is 10.2. The Bertz CT molecular complexity index is 929. The Labute approximate surface area is 189 Å². The number of halogens is 1. The smallest absolute Gasteiger partial charge is 0.266 e. The van der Waals surface area contributed by atoms with E-state index in [0.29, 0.717) is 12.3 Å². The number of fused-ring (bicyclic) bond motifs is 1. The molecule has 2 aromatic carbocycles. The molecular formula is C23H30ClN3O2S. The molecule has 1 aromatic heterocycles. The molecule has 7 heteroatoms. The fourth-order valence-electron chi connectivity index (χ4n) is 3.14. The van der Waals surface area contributed by atoms with E-state index >= 15 is 0 Å². The number of aromatic nitrogens is 1. The maximum absolute atomic E-state index is 13.1. The monoisotopic (exact) mass is 447 g/mol. The third kappa shape index (κ3) is 6.17. The summed E-state index contributed by atoms with van der Waals surface area (Å²) in [6.45, 7) is 9.73. The summed E-state index contributed by atoms with van der Waals surface area (Å²) < 4.78 is 6.83. The lowest BCUT2D eigenvalue weighted by atomic mass is 10.2. The second kappa shape index (κ2) is 11.9. The lowest BCUT2D eigenvalue weighted by molar-refractivity contribution is -0.120. The minimum absolute atomic E-state index is 0. The summed E-state index contributed by atoms with van der Waals surface area (Å²) in [4.78, 5) is 21.9. The summed E-state index contributed by atoms with van der Waals surface area (Å²) in [5.74, 6) is 0.622. The van der Waals surface area contributed by atoms with Gasteiger partial charge in [-0.15, -0.1) is 12.4 Å². The van der Waals surface area contributed by atoms with Gasteiger partial charge in [-0.25, -0.2) is 4.98 Å². The summed E-state index contributed by atoms with van der Waals surface area (Å²) >= 11 is 1.57. The average Bonchev–Trinajstić information content (AvgIpc) is 3.18. The van der Waals surface area contributed by atoms with E-state index in [1.807, 2.05) is 36.4 Å². The average molecular weight is 448 g/mol. The summed E-state index contributed by atoms with van der Waals surface area (Å²) in [6.07, 6.45) is 0.985. The van der Waals surface area contributed by atoms with Crippen LogP contribution in [0.4, 0.5) is 5.13 Å². The van der Waals surface area contributed by atoms with Crippen molar-refractivity contribution in [2.24, 2.45) is 0 Å². The van der Waals surface area contributed by atoms with Crippen molar-refractivity contribution in [3.63, 3.8) is 0 Å². The number of aryl methyl sites for hydroxylation is 1. The maximum atomic E-state index is 13.1. The Kier molecular flexibility index (Phi) is 9.56. The first-order chi connectivity index (χ1) is 14.1. The zero-order valence-electron chi connectivity index (χ0n) is 17.8. The number of nitrogens with zero attached hydrogens (tertiary/aromatic N) is 3. The minimum Gasteiger partial charge on any atom is -0.484 e. The number of benzene rings is 2. The third-order valence-corrected chi connectivity index (χ3v) is 6.06. The molecule has 5 nitrogen and oxygen atoms in total. The topological polar surface area (TPSA) is 45.7 Å². The minimum atomic E-state index is -0.0734. The molecule has 30 heavy (non-hydrogen) atoms. The van der Waals surface area contributed by atoms with Crippen molar-refractivity contribution in [2.45, 2.75) is 27.2 Å². The lowest BCUT2D eigenvalue weighted by Gasteiger charge is -2.24. The molecule has 3 rings (SSSR count). The quantitative estimate of drug-likeness (QED) is 0.437. The molecule has 162 valence electrons. The zero-order chi connectivity index (χ0) is 20.6. The van der Waals surface area contributed by atoms with Crippen molar-refractivity contribution in [1.82, 2.24) is 9.88 Å². The molecule has 0 saturated carbocycles. The Morgan fingerprint density at radius 2 is 1.77 bits per heavy atom. The Morgan fingerprint density at radius 1 is 1.03 bits per heavy atom. The number of thiazole rings is 1. The van der Waals surface area contributed by atoms with Crippen LogP contribution < -0.4 is 9.64 Å². The number of para-hydroxylation sites is 1. The Morgan fingerprint density at radius 3 is 2.43 bits per heavy atom. The summed E-state index contributed by atoms with van der Waals surface area (Å²) in [5, 5.41) is 0.738. The number of carbonyl (C=O) groups excluding carboxylic acids is 1. The number of amides is 1. The Balaban J connectivity index is 0.00000320. The van der Waals surface area contributed by atoms with Crippen molar-refractivity contribution in [1.29, 1.82) is 0 Å². The Hall–Kier alpha value is -2.15. The van der Waals surface area contributed by atoms with E-state index in [1.54, 1.807) is 16.2 Å². The van der Waals surface area contributed by atoms with Crippen LogP contribution in [-0.2, 0) is 11.2 Å². The summed E-state index contributed by atoms with van der Waals surface area (Å²) in [7, 11) is 0. The molecule has 0 aliphatic rings. The molecule has 0 atom stereocenters. The lowest BCUT2D eigenvalue weighted by Crippen LogP contribution is -2.41. The molecule has 1 amide bonds. The fourth-order valence-corrected chi connectivity index (χ4v) is 4.21. The van der Waals surface area contributed by atoms with Crippen LogP contribution in [0.2, 0.25) is 0 Å². The molecule has 0 radical (unpaired) electrons. The molecule has 0 unspecified atom stereocenters. The van der Waals surface area contributed by atoms with Gasteiger partial charge in [0.1, 0.15) is 5.75 Å². The highest BCUT2D eigenvalue weighted by Gasteiger charge is 2.21. The van der Waals surface area contributed by atoms with Crippen molar-refractivity contribution in [2.75, 3.05) is 37.7 Å². The van der Waals surface area contributed by atoms with E-state index in [4.69, 9.17) is 9.72 Å². The highest BCUT2D eigenvalue weighted by Crippen LogP contribution is 2.30. The van der Waals surface area contributed by atoms with Crippen molar-refractivity contribution >= 4 is 45.0 Å². The van der Waals surface area contributed by atoms with Gasteiger partial charge in [-0.3, -0.25) is 9.69 Å². The van der Waals surface area contributed by atoms with Crippen LogP contribution in [-0.4, -0.2) is 48.6 Å². The number of ether oxygens (including phenoxy) is 1. The van der Waals surface area contributed by atoms with Crippen molar-refractivity contribution < 1.29 is 9.53 Å². The van der Waals surface area contributed by atoms with Crippen molar-refractivity contribution in [3.05, 3.63) is 54.1 Å². The normalized spacial score (nSPS) is 10.8. The highest BCUT2D eigenvalue weighted by atomic mass is 35.5. The van der Waals surface area contributed by atoms with Gasteiger partial charge in [0.25, 0.3) is 5.91 Å². The molecule has 1 heterocycles. The van der Waals surface area contributed by atoms with E-state index in [1.165, 1.54) is 5.56 Å². The van der Waals surface area contributed by atoms with Gasteiger partial charge in [0, 0.05) is 13.1 Å². The van der Waals surface area contributed by atoms with Crippen LogP contribution in [0, 0.1) is 0 Å². The molecule has 0 fully saturated rings. The van der Waals surface area contributed by atoms with Crippen LogP contribution in [0.3, 0.4) is 0 Å². The van der Waals surface area contributed by atoms with E-state index in [9.17, 15) is 4.79 Å². The standard InChI is InChI=1S/C23H29N3O2S.ClH/c1-4-18-12-13-20-21(16-18)29-23(24-20)26(15-14-25(5-2)6-3)22(27)17-28-19-10-8-7-9-11-19;/h7-13,16H,4-6,14-15,17H2,1-3H3;1H. The van der Waals surface area contributed by atoms with Crippen LogP contribution in [0.15, 0.2) is 48.5 Å². The number of hydrogen-bond donors (Lipinski definition) is 0. The molecule has 0 aliphatic heterocycles. The number of likely N-dealkylation sites (N-methyl/N-ethyl adjacent to an activating group) is 1. The number of hydrogen-bond acceptors (Lipinski definition) is 5. The van der Waals surface area contributed by atoms with E-state index in [0.717, 1.165) is 41.4 Å². The summed E-state index contributed by atoms with van der Waals surface area (Å²) in [6, 6.07) is 15.8. The van der Waals surface area contributed by atoms with Gasteiger partial charge < -0.3 is 9.64 Å². The highest BCUT2D eigenvalue weighted by molar-refractivity contribution is 7.22. The number of carbonyl (C=O) groups is 1. The zero-order valence-corrected chi connectivity index (χ0v) is 19.5. The molecule has 0 saturated heterocycles. The predicted octanol–water partition coefficient (Wildman–Crippen LogP) is 5.03. The summed E-state index contributed by atoms with van der Waals surface area (Å²) in [5.41, 5.74) is 2.22. The molecule has 0 bridgehead atoms. The first-order valence-corrected chi connectivity index (χ1v) is 11.1. The first kappa shape index (κ1) is 24.1. The van der Waals surface area contributed by atoms with Gasteiger partial charge >= 0.3 is 0 Å². The van der Waals surface area contributed by atoms with Gasteiger partial charge in [-0.05, 0) is 49.3 Å². The SMILES string of the molecule is CCc1ccc2nc(N(CCN(CC)CC)C(=O)COc3ccccc3)sc2c1.Cl. The van der Waals surface area contributed by atoms with E-state index in [2.05, 4.69) is 37.8 Å². The molecule has 0 aliphatic carbocycles. The second-order valence-corrected chi connectivity index (χ2v) is 7.84. The molecule has 0 N–H and O–H groups in total. The van der Waals surface area contributed by atoms with Crippen LogP contribution >= 0.6 is 23.7 Å². The van der Waals surface area contributed by atoms with Gasteiger partial charge in [0.05, 0.1) is 10.2 Å². The third-order valence-electron chi connectivity index (χ3n) is 5.02. The number of rotatable bonds is 10.